The van der Waals surface area contributed by atoms with Crippen LogP contribution in [-0.4, -0.2) is 44.1 Å². The van der Waals surface area contributed by atoms with Crippen LogP contribution in [0.2, 0.25) is 0 Å². The highest BCUT2D eigenvalue weighted by Gasteiger charge is 2.30. The molecule has 0 spiro atoms. The lowest BCUT2D eigenvalue weighted by Crippen LogP contribution is -2.41. The molecule has 0 aliphatic heterocycles. The van der Waals surface area contributed by atoms with Crippen molar-refractivity contribution in [2.75, 3.05) is 25.4 Å². The van der Waals surface area contributed by atoms with Gasteiger partial charge in [0.05, 0.1) is 17.4 Å². The molecule has 0 aliphatic carbocycles. The fourth-order valence-electron chi connectivity index (χ4n) is 2.35. The third kappa shape index (κ3) is 6.49. The van der Waals surface area contributed by atoms with Gasteiger partial charge in [0.1, 0.15) is 0 Å². The van der Waals surface area contributed by atoms with E-state index in [1.807, 2.05) is 0 Å². The number of carbonyl (C=O) groups is 1. The van der Waals surface area contributed by atoms with E-state index in [9.17, 15) is 26.4 Å². The number of nitrogens with one attached hydrogen (secondary N) is 2. The monoisotopic (exact) mass is 395 g/mol. The number of benzene rings is 1. The zero-order valence-electron chi connectivity index (χ0n) is 14.9. The number of sulfonamides is 1. The van der Waals surface area contributed by atoms with Crippen molar-refractivity contribution in [1.29, 1.82) is 0 Å². The molecule has 26 heavy (non-hydrogen) atoms. The number of hydrogen-bond donors (Lipinski definition) is 2. The lowest BCUT2D eigenvalue weighted by atomic mass is 10.1. The minimum atomic E-state index is -4.46. The zero-order valence-corrected chi connectivity index (χ0v) is 15.7. The Balaban J connectivity index is 2.58. The lowest BCUT2D eigenvalue weighted by molar-refractivity contribution is -0.137. The van der Waals surface area contributed by atoms with Gasteiger partial charge in [-0.2, -0.15) is 13.2 Å². The number of rotatable bonds is 8. The molecule has 0 aromatic heterocycles. The summed E-state index contributed by atoms with van der Waals surface area (Å²) in [4.78, 5) is 11.9. The summed E-state index contributed by atoms with van der Waals surface area (Å²) >= 11 is 0. The van der Waals surface area contributed by atoms with Gasteiger partial charge in [0.15, 0.2) is 0 Å². The van der Waals surface area contributed by atoms with E-state index in [0.29, 0.717) is 18.7 Å². The van der Waals surface area contributed by atoms with Gasteiger partial charge in [-0.05, 0) is 24.6 Å². The molecule has 1 aromatic carbocycles. The van der Waals surface area contributed by atoms with Crippen LogP contribution >= 0.6 is 0 Å². The lowest BCUT2D eigenvalue weighted by Gasteiger charge is -2.19. The highest BCUT2D eigenvalue weighted by atomic mass is 32.2. The molecule has 2 amide bonds. The van der Waals surface area contributed by atoms with Crippen LogP contribution in [0.25, 0.3) is 0 Å². The van der Waals surface area contributed by atoms with Gasteiger partial charge in [-0.3, -0.25) is 0 Å². The van der Waals surface area contributed by atoms with Gasteiger partial charge < -0.3 is 10.6 Å². The average molecular weight is 395 g/mol. The molecule has 1 rings (SSSR count). The van der Waals surface area contributed by atoms with Gasteiger partial charge >= 0.3 is 12.2 Å². The topological polar surface area (TPSA) is 78.5 Å². The fourth-order valence-corrected chi connectivity index (χ4v) is 3.76. The van der Waals surface area contributed by atoms with Crippen LogP contribution < -0.4 is 10.6 Å². The average Bonchev–Trinajstić information content (AvgIpc) is 2.54. The minimum absolute atomic E-state index is 0.0972. The number of amides is 2. The van der Waals surface area contributed by atoms with Crippen LogP contribution in [0.4, 0.5) is 18.0 Å². The van der Waals surface area contributed by atoms with Gasteiger partial charge in [-0.1, -0.05) is 26.0 Å². The summed E-state index contributed by atoms with van der Waals surface area (Å²) in [5.41, 5.74) is -0.500. The second-order valence-electron chi connectivity index (χ2n) is 5.65. The molecule has 0 heterocycles. The van der Waals surface area contributed by atoms with Crippen molar-refractivity contribution in [3.8, 4) is 0 Å². The van der Waals surface area contributed by atoms with Crippen molar-refractivity contribution in [3.63, 3.8) is 0 Å². The first-order valence-electron chi connectivity index (χ1n) is 8.20. The van der Waals surface area contributed by atoms with Gasteiger partial charge in [-0.25, -0.2) is 17.5 Å². The first-order chi connectivity index (χ1) is 12.0. The SMILES string of the molecule is CCN(CC)S(=O)(=O)CCNC(=O)NC(C)c1cccc(C(F)(F)F)c1. The summed E-state index contributed by atoms with van der Waals surface area (Å²) in [7, 11) is -3.45. The quantitative estimate of drug-likeness (QED) is 0.710. The summed E-state index contributed by atoms with van der Waals surface area (Å²) in [5.74, 6) is -0.250. The molecule has 1 unspecified atom stereocenters. The van der Waals surface area contributed by atoms with E-state index in [-0.39, 0.29) is 12.3 Å². The molecule has 0 aliphatic rings. The molecule has 148 valence electrons. The maximum absolute atomic E-state index is 12.7. The van der Waals surface area contributed by atoms with E-state index in [2.05, 4.69) is 10.6 Å². The van der Waals surface area contributed by atoms with Crippen molar-refractivity contribution in [3.05, 3.63) is 35.4 Å². The Morgan fingerprint density at radius 2 is 1.85 bits per heavy atom. The van der Waals surface area contributed by atoms with Crippen molar-refractivity contribution in [1.82, 2.24) is 14.9 Å². The molecule has 2 N–H and O–H groups in total. The molecule has 1 atom stereocenters. The Labute approximate surface area is 151 Å². The maximum atomic E-state index is 12.7. The molecule has 0 bridgehead atoms. The minimum Gasteiger partial charge on any atom is -0.337 e. The molecule has 1 aromatic rings. The van der Waals surface area contributed by atoms with Crippen molar-refractivity contribution >= 4 is 16.1 Å². The number of hydrogen-bond acceptors (Lipinski definition) is 3. The molecule has 0 saturated carbocycles. The Kier molecular flexibility index (Phi) is 7.88. The van der Waals surface area contributed by atoms with Crippen LogP contribution in [0.3, 0.4) is 0 Å². The number of urea groups is 1. The van der Waals surface area contributed by atoms with E-state index in [1.165, 1.54) is 16.4 Å². The van der Waals surface area contributed by atoms with Crippen LogP contribution in [0, 0.1) is 0 Å². The van der Waals surface area contributed by atoms with Crippen molar-refractivity contribution in [2.45, 2.75) is 33.0 Å². The first-order valence-corrected chi connectivity index (χ1v) is 9.81. The highest BCUT2D eigenvalue weighted by Crippen LogP contribution is 2.30. The standard InChI is InChI=1S/C16H24F3N3O3S/c1-4-22(5-2)26(24,25)10-9-20-15(23)21-12(3)13-7-6-8-14(11-13)16(17,18)19/h6-8,11-12H,4-5,9-10H2,1-3H3,(H2,20,21,23). The molecular weight excluding hydrogens is 371 g/mol. The Morgan fingerprint density at radius 3 is 2.38 bits per heavy atom. The summed E-state index contributed by atoms with van der Waals surface area (Å²) in [5, 5.41) is 4.90. The van der Waals surface area contributed by atoms with E-state index in [1.54, 1.807) is 20.8 Å². The van der Waals surface area contributed by atoms with Gasteiger partial charge in [-0.15, -0.1) is 0 Å². The number of halogens is 3. The Hall–Kier alpha value is -1.81. The van der Waals surface area contributed by atoms with Crippen LogP contribution in [0.15, 0.2) is 24.3 Å². The van der Waals surface area contributed by atoms with Crippen molar-refractivity contribution in [2.24, 2.45) is 0 Å². The van der Waals surface area contributed by atoms with E-state index >= 15 is 0 Å². The highest BCUT2D eigenvalue weighted by molar-refractivity contribution is 7.89. The van der Waals surface area contributed by atoms with Crippen LogP contribution in [0.1, 0.15) is 37.9 Å². The molecule has 6 nitrogen and oxygen atoms in total. The third-order valence-electron chi connectivity index (χ3n) is 3.81. The van der Waals surface area contributed by atoms with E-state index in [0.717, 1.165) is 12.1 Å². The third-order valence-corrected chi connectivity index (χ3v) is 5.83. The second kappa shape index (κ2) is 9.22. The summed E-state index contributed by atoms with van der Waals surface area (Å²) in [6.45, 7) is 5.58. The Morgan fingerprint density at radius 1 is 1.23 bits per heavy atom. The van der Waals surface area contributed by atoms with Gasteiger partial charge in [0.2, 0.25) is 10.0 Å². The van der Waals surface area contributed by atoms with Crippen LogP contribution in [0.5, 0.6) is 0 Å². The molecular formula is C16H24F3N3O3S. The number of nitrogens with zero attached hydrogens (tertiary/aromatic N) is 1. The van der Waals surface area contributed by atoms with E-state index < -0.39 is 33.8 Å². The van der Waals surface area contributed by atoms with E-state index in [4.69, 9.17) is 0 Å². The predicted molar refractivity (Wildman–Crippen MR) is 93.1 cm³/mol. The second-order valence-corrected chi connectivity index (χ2v) is 7.73. The van der Waals surface area contributed by atoms with Gasteiger partial charge in [0.25, 0.3) is 0 Å². The van der Waals surface area contributed by atoms with Crippen molar-refractivity contribution < 1.29 is 26.4 Å². The summed E-state index contributed by atoms with van der Waals surface area (Å²) < 4.78 is 63.5. The Bertz CT molecular complexity index is 704. The maximum Gasteiger partial charge on any atom is 0.416 e. The normalized spacial score (nSPS) is 13.5. The molecule has 0 fully saturated rings. The fraction of sp³-hybridized carbons (Fsp3) is 0.562. The summed E-state index contributed by atoms with van der Waals surface area (Å²) in [6.07, 6.45) is -4.46. The largest absolute Gasteiger partial charge is 0.416 e. The summed E-state index contributed by atoms with van der Waals surface area (Å²) in [6, 6.07) is 3.35. The zero-order chi connectivity index (χ0) is 20.0. The number of alkyl halides is 3. The van der Waals surface area contributed by atoms with Gasteiger partial charge in [0, 0.05) is 19.6 Å². The smallest absolute Gasteiger partial charge is 0.337 e. The predicted octanol–water partition coefficient (Wildman–Crippen LogP) is 2.74. The van der Waals surface area contributed by atoms with Crippen LogP contribution in [-0.2, 0) is 16.2 Å². The molecule has 0 radical (unpaired) electrons. The molecule has 10 heteroatoms. The molecule has 0 saturated heterocycles. The number of carbonyl (C=O) groups excluding carboxylic acids is 1. The first kappa shape index (κ1) is 22.2.